The van der Waals surface area contributed by atoms with Crippen molar-refractivity contribution in [1.29, 1.82) is 0 Å². The Kier molecular flexibility index (Phi) is 6.25. The second kappa shape index (κ2) is 8.62. The van der Waals surface area contributed by atoms with Crippen LogP contribution in [0.15, 0.2) is 0 Å². The van der Waals surface area contributed by atoms with Gasteiger partial charge in [0.15, 0.2) is 0 Å². The van der Waals surface area contributed by atoms with E-state index >= 15 is 0 Å². The summed E-state index contributed by atoms with van der Waals surface area (Å²) >= 11 is 0. The number of carbonyl (C=O) groups is 3. The van der Waals surface area contributed by atoms with E-state index in [2.05, 4.69) is 15.5 Å². The standard InChI is InChI=1S/C17H29N5O3/c23-15(19-17(25)18-14-4-5-14)12-20-8-10-21(11-9-20)13-16(24)22-6-2-1-3-7-22/h14H,1-13H2,(H2,18,19,23,25). The van der Waals surface area contributed by atoms with Crippen LogP contribution in [0.1, 0.15) is 32.1 Å². The van der Waals surface area contributed by atoms with E-state index in [1.165, 1.54) is 6.42 Å². The fraction of sp³-hybridized carbons (Fsp3) is 0.824. The van der Waals surface area contributed by atoms with E-state index in [9.17, 15) is 14.4 Å². The minimum absolute atomic E-state index is 0.225. The van der Waals surface area contributed by atoms with Crippen LogP contribution in [0.4, 0.5) is 4.79 Å². The van der Waals surface area contributed by atoms with E-state index in [-0.39, 0.29) is 24.4 Å². The van der Waals surface area contributed by atoms with E-state index < -0.39 is 6.03 Å². The summed E-state index contributed by atoms with van der Waals surface area (Å²) in [5, 5.41) is 5.12. The summed E-state index contributed by atoms with van der Waals surface area (Å²) in [7, 11) is 0. The van der Waals surface area contributed by atoms with Crippen molar-refractivity contribution in [2.45, 2.75) is 38.1 Å². The summed E-state index contributed by atoms with van der Waals surface area (Å²) in [4.78, 5) is 41.9. The number of hydrogen-bond donors (Lipinski definition) is 2. The van der Waals surface area contributed by atoms with Crippen molar-refractivity contribution >= 4 is 17.8 Å². The van der Waals surface area contributed by atoms with E-state index in [1.54, 1.807) is 0 Å². The Morgan fingerprint density at radius 3 is 2.00 bits per heavy atom. The van der Waals surface area contributed by atoms with Crippen LogP contribution in [0, 0.1) is 0 Å². The van der Waals surface area contributed by atoms with E-state index in [0.717, 1.165) is 65.0 Å². The molecule has 0 bridgehead atoms. The van der Waals surface area contributed by atoms with Crippen molar-refractivity contribution in [3.05, 3.63) is 0 Å². The molecule has 8 nitrogen and oxygen atoms in total. The maximum atomic E-state index is 12.3. The monoisotopic (exact) mass is 351 g/mol. The predicted molar refractivity (Wildman–Crippen MR) is 93.0 cm³/mol. The molecular formula is C17H29N5O3. The average molecular weight is 351 g/mol. The maximum absolute atomic E-state index is 12.3. The molecule has 0 aromatic carbocycles. The van der Waals surface area contributed by atoms with Crippen molar-refractivity contribution in [2.24, 2.45) is 0 Å². The maximum Gasteiger partial charge on any atom is 0.321 e. The van der Waals surface area contributed by atoms with Crippen molar-refractivity contribution < 1.29 is 14.4 Å². The summed E-state index contributed by atoms with van der Waals surface area (Å²) in [6.45, 7) is 5.53. The molecule has 3 aliphatic rings. The molecular weight excluding hydrogens is 322 g/mol. The van der Waals surface area contributed by atoms with Gasteiger partial charge in [-0.2, -0.15) is 0 Å². The van der Waals surface area contributed by atoms with Crippen molar-refractivity contribution in [1.82, 2.24) is 25.3 Å². The van der Waals surface area contributed by atoms with Gasteiger partial charge in [0, 0.05) is 45.3 Å². The average Bonchev–Trinajstić information content (AvgIpc) is 3.41. The van der Waals surface area contributed by atoms with Crippen molar-refractivity contribution in [2.75, 3.05) is 52.4 Å². The first-order chi connectivity index (χ1) is 12.1. The summed E-state index contributed by atoms with van der Waals surface area (Å²) in [6.07, 6.45) is 5.45. The Labute approximate surface area is 148 Å². The quantitative estimate of drug-likeness (QED) is 0.704. The van der Waals surface area contributed by atoms with Gasteiger partial charge in [0.25, 0.3) is 0 Å². The molecule has 2 N–H and O–H groups in total. The van der Waals surface area contributed by atoms with Gasteiger partial charge in [0.05, 0.1) is 13.1 Å². The van der Waals surface area contributed by atoms with Crippen LogP contribution in [-0.2, 0) is 9.59 Å². The van der Waals surface area contributed by atoms with Gasteiger partial charge < -0.3 is 10.2 Å². The van der Waals surface area contributed by atoms with Crippen molar-refractivity contribution in [3.8, 4) is 0 Å². The number of piperidine rings is 1. The Hall–Kier alpha value is -1.67. The molecule has 2 saturated heterocycles. The molecule has 3 rings (SSSR count). The lowest BCUT2D eigenvalue weighted by Gasteiger charge is -2.35. The number of rotatable bonds is 5. The molecule has 8 heteroatoms. The number of likely N-dealkylation sites (tertiary alicyclic amines) is 1. The SMILES string of the molecule is O=C(CN1CCN(CC(=O)N2CCCCC2)CC1)NC(=O)NC1CC1. The topological polar surface area (TPSA) is 85.0 Å². The number of hydrogen-bond acceptors (Lipinski definition) is 5. The van der Waals surface area contributed by atoms with E-state index in [0.29, 0.717) is 6.54 Å². The molecule has 1 aliphatic carbocycles. The lowest BCUT2D eigenvalue weighted by Crippen LogP contribution is -2.53. The Bertz CT molecular complexity index is 495. The molecule has 2 aliphatic heterocycles. The number of imide groups is 1. The molecule has 25 heavy (non-hydrogen) atoms. The third-order valence-corrected chi connectivity index (χ3v) is 5.07. The summed E-state index contributed by atoms with van der Waals surface area (Å²) in [5.74, 6) is -0.0429. The second-order valence-corrected chi connectivity index (χ2v) is 7.29. The molecule has 4 amide bonds. The van der Waals surface area contributed by atoms with Crippen LogP contribution in [0.5, 0.6) is 0 Å². The largest absolute Gasteiger partial charge is 0.342 e. The van der Waals surface area contributed by atoms with Crippen LogP contribution in [0.25, 0.3) is 0 Å². The minimum atomic E-state index is -0.390. The molecule has 2 heterocycles. The Morgan fingerprint density at radius 1 is 0.800 bits per heavy atom. The summed E-state index contributed by atoms with van der Waals surface area (Å²) in [6, 6.07) is -0.146. The molecule has 140 valence electrons. The number of piperazine rings is 1. The van der Waals surface area contributed by atoms with E-state index in [1.807, 2.05) is 9.80 Å². The smallest absolute Gasteiger partial charge is 0.321 e. The molecule has 3 fully saturated rings. The van der Waals surface area contributed by atoms with Crippen LogP contribution in [0.2, 0.25) is 0 Å². The Balaban J connectivity index is 1.31. The fourth-order valence-electron chi connectivity index (χ4n) is 3.36. The van der Waals surface area contributed by atoms with Gasteiger partial charge in [-0.25, -0.2) is 4.79 Å². The third-order valence-electron chi connectivity index (χ3n) is 5.07. The van der Waals surface area contributed by atoms with Gasteiger partial charge in [-0.05, 0) is 32.1 Å². The molecule has 0 spiro atoms. The highest BCUT2D eigenvalue weighted by molar-refractivity contribution is 5.95. The molecule has 0 radical (unpaired) electrons. The third kappa shape index (κ3) is 5.97. The van der Waals surface area contributed by atoms with Crippen molar-refractivity contribution in [3.63, 3.8) is 0 Å². The highest BCUT2D eigenvalue weighted by Crippen LogP contribution is 2.18. The first-order valence-corrected chi connectivity index (χ1v) is 9.43. The number of nitrogens with zero attached hydrogens (tertiary/aromatic N) is 3. The molecule has 0 unspecified atom stereocenters. The second-order valence-electron chi connectivity index (χ2n) is 7.29. The highest BCUT2D eigenvalue weighted by atomic mass is 16.2. The lowest BCUT2D eigenvalue weighted by atomic mass is 10.1. The van der Waals surface area contributed by atoms with Gasteiger partial charge in [-0.3, -0.25) is 24.7 Å². The van der Waals surface area contributed by atoms with Gasteiger partial charge in [0.2, 0.25) is 11.8 Å². The van der Waals surface area contributed by atoms with E-state index in [4.69, 9.17) is 0 Å². The summed E-state index contributed by atoms with van der Waals surface area (Å²) in [5.41, 5.74) is 0. The molecule has 0 aromatic heterocycles. The van der Waals surface area contributed by atoms with Gasteiger partial charge in [-0.1, -0.05) is 0 Å². The molecule has 1 saturated carbocycles. The van der Waals surface area contributed by atoms with Gasteiger partial charge in [-0.15, -0.1) is 0 Å². The van der Waals surface area contributed by atoms with Gasteiger partial charge >= 0.3 is 6.03 Å². The first kappa shape index (κ1) is 18.1. The number of carbonyl (C=O) groups excluding carboxylic acids is 3. The zero-order chi connectivity index (χ0) is 17.6. The molecule has 0 atom stereocenters. The first-order valence-electron chi connectivity index (χ1n) is 9.43. The number of amides is 4. The highest BCUT2D eigenvalue weighted by Gasteiger charge is 2.26. The normalized spacial score (nSPS) is 22.5. The van der Waals surface area contributed by atoms with Crippen LogP contribution >= 0.6 is 0 Å². The zero-order valence-electron chi connectivity index (χ0n) is 14.8. The summed E-state index contributed by atoms with van der Waals surface area (Å²) < 4.78 is 0. The van der Waals surface area contributed by atoms with Gasteiger partial charge in [0.1, 0.15) is 0 Å². The minimum Gasteiger partial charge on any atom is -0.342 e. The van der Waals surface area contributed by atoms with Crippen LogP contribution in [-0.4, -0.2) is 90.9 Å². The Morgan fingerprint density at radius 2 is 1.40 bits per heavy atom. The molecule has 0 aromatic rings. The predicted octanol–water partition coefficient (Wildman–Crippen LogP) is -0.395. The zero-order valence-corrected chi connectivity index (χ0v) is 14.8. The number of nitrogens with one attached hydrogen (secondary N) is 2. The fourth-order valence-corrected chi connectivity index (χ4v) is 3.36. The lowest BCUT2D eigenvalue weighted by molar-refractivity contribution is -0.134. The van der Waals surface area contributed by atoms with Crippen LogP contribution in [0.3, 0.4) is 0 Å². The van der Waals surface area contributed by atoms with Crippen LogP contribution < -0.4 is 10.6 Å². The number of urea groups is 1.